The standard InChI is InChI=1S/C15H10FNO6/c1-23-15(20)12-6-8(2-5-13(12)16)11-7-9(17(21)22)3-4-10(11)14(18)19/h2-7H,1H3,(H,18,19). The Labute approximate surface area is 129 Å². The first-order chi connectivity index (χ1) is 10.8. The zero-order valence-electron chi connectivity index (χ0n) is 11.8. The van der Waals surface area contributed by atoms with Crippen molar-refractivity contribution in [3.05, 3.63) is 63.5 Å². The van der Waals surface area contributed by atoms with Crippen LogP contribution in [0.5, 0.6) is 0 Å². The van der Waals surface area contributed by atoms with Gasteiger partial charge in [0.1, 0.15) is 5.82 Å². The Kier molecular flexibility index (Phi) is 4.35. The molecule has 0 unspecified atom stereocenters. The normalized spacial score (nSPS) is 10.2. The van der Waals surface area contributed by atoms with E-state index in [9.17, 15) is 29.2 Å². The van der Waals surface area contributed by atoms with E-state index in [4.69, 9.17) is 0 Å². The van der Waals surface area contributed by atoms with Crippen LogP contribution in [0.15, 0.2) is 36.4 Å². The summed E-state index contributed by atoms with van der Waals surface area (Å²) >= 11 is 0. The molecular weight excluding hydrogens is 309 g/mol. The number of benzene rings is 2. The lowest BCUT2D eigenvalue weighted by Gasteiger charge is -2.09. The molecule has 7 nitrogen and oxygen atoms in total. The van der Waals surface area contributed by atoms with Gasteiger partial charge in [0.15, 0.2) is 0 Å². The Bertz CT molecular complexity index is 818. The lowest BCUT2D eigenvalue weighted by Crippen LogP contribution is -2.06. The minimum absolute atomic E-state index is 0.00291. The van der Waals surface area contributed by atoms with E-state index < -0.39 is 28.2 Å². The summed E-state index contributed by atoms with van der Waals surface area (Å²) in [6, 6.07) is 6.47. The second-order valence-corrected chi connectivity index (χ2v) is 4.48. The number of carboxylic acid groups (broad SMARTS) is 1. The van der Waals surface area contributed by atoms with Gasteiger partial charge in [-0.1, -0.05) is 6.07 Å². The van der Waals surface area contributed by atoms with Gasteiger partial charge >= 0.3 is 11.9 Å². The number of nitro groups is 1. The van der Waals surface area contributed by atoms with Crippen LogP contribution in [-0.2, 0) is 4.74 Å². The highest BCUT2D eigenvalue weighted by Crippen LogP contribution is 2.29. The Morgan fingerprint density at radius 2 is 1.87 bits per heavy atom. The van der Waals surface area contributed by atoms with Crippen LogP contribution in [0.2, 0.25) is 0 Å². The van der Waals surface area contributed by atoms with Gasteiger partial charge in [-0.2, -0.15) is 0 Å². The van der Waals surface area contributed by atoms with Crippen LogP contribution in [0.3, 0.4) is 0 Å². The number of carboxylic acids is 1. The highest BCUT2D eigenvalue weighted by atomic mass is 19.1. The smallest absolute Gasteiger partial charge is 0.340 e. The molecular formula is C15H10FNO6. The van der Waals surface area contributed by atoms with E-state index in [1.165, 1.54) is 6.07 Å². The predicted octanol–water partition coefficient (Wildman–Crippen LogP) is 2.89. The molecule has 0 aromatic heterocycles. The number of carbonyl (C=O) groups is 2. The van der Waals surface area contributed by atoms with E-state index >= 15 is 0 Å². The average molecular weight is 319 g/mol. The number of nitro benzene ring substituents is 1. The van der Waals surface area contributed by atoms with Crippen LogP contribution < -0.4 is 0 Å². The molecule has 0 saturated carbocycles. The lowest BCUT2D eigenvalue weighted by molar-refractivity contribution is -0.384. The maximum atomic E-state index is 13.7. The number of hydrogen-bond donors (Lipinski definition) is 1. The van der Waals surface area contributed by atoms with Gasteiger partial charge in [0, 0.05) is 17.7 Å². The zero-order valence-corrected chi connectivity index (χ0v) is 11.8. The summed E-state index contributed by atoms with van der Waals surface area (Å²) in [6.07, 6.45) is 0. The van der Waals surface area contributed by atoms with Crippen LogP contribution >= 0.6 is 0 Å². The number of methoxy groups -OCH3 is 1. The molecule has 8 heteroatoms. The molecule has 0 fully saturated rings. The molecule has 0 amide bonds. The molecule has 0 aliphatic rings. The number of esters is 1. The minimum Gasteiger partial charge on any atom is -0.478 e. The van der Waals surface area contributed by atoms with Crippen molar-refractivity contribution in [2.24, 2.45) is 0 Å². The van der Waals surface area contributed by atoms with Crippen molar-refractivity contribution in [3.63, 3.8) is 0 Å². The molecule has 2 rings (SSSR count). The van der Waals surface area contributed by atoms with Gasteiger partial charge in [0.25, 0.3) is 5.69 Å². The molecule has 0 radical (unpaired) electrons. The Balaban J connectivity index is 2.69. The van der Waals surface area contributed by atoms with Crippen LogP contribution in [0.4, 0.5) is 10.1 Å². The molecule has 0 saturated heterocycles. The zero-order chi connectivity index (χ0) is 17.1. The van der Waals surface area contributed by atoms with Crippen molar-refractivity contribution in [1.82, 2.24) is 0 Å². The molecule has 0 heterocycles. The van der Waals surface area contributed by atoms with E-state index in [1.54, 1.807) is 0 Å². The summed E-state index contributed by atoms with van der Waals surface area (Å²) in [5.41, 5.74) is -0.787. The molecule has 2 aromatic rings. The topological polar surface area (TPSA) is 107 Å². The van der Waals surface area contributed by atoms with Gasteiger partial charge in [-0.15, -0.1) is 0 Å². The van der Waals surface area contributed by atoms with E-state index in [-0.39, 0.29) is 22.4 Å². The third-order valence-corrected chi connectivity index (χ3v) is 3.13. The fourth-order valence-corrected chi connectivity index (χ4v) is 2.03. The molecule has 0 aliphatic carbocycles. The van der Waals surface area contributed by atoms with Crippen molar-refractivity contribution in [2.45, 2.75) is 0 Å². The summed E-state index contributed by atoms with van der Waals surface area (Å²) < 4.78 is 18.1. The van der Waals surface area contributed by atoms with Crippen molar-refractivity contribution in [3.8, 4) is 11.1 Å². The van der Waals surface area contributed by atoms with Gasteiger partial charge in [0.2, 0.25) is 0 Å². The third-order valence-electron chi connectivity index (χ3n) is 3.13. The average Bonchev–Trinajstić information content (AvgIpc) is 2.53. The molecule has 0 aliphatic heterocycles. The first-order valence-corrected chi connectivity index (χ1v) is 6.25. The minimum atomic E-state index is -1.31. The first-order valence-electron chi connectivity index (χ1n) is 6.25. The number of non-ortho nitro benzene ring substituents is 1. The number of ether oxygens (including phenoxy) is 1. The first kappa shape index (κ1) is 16.1. The van der Waals surface area contributed by atoms with E-state index in [2.05, 4.69) is 4.74 Å². The van der Waals surface area contributed by atoms with Crippen molar-refractivity contribution < 1.29 is 28.7 Å². The third kappa shape index (κ3) is 3.15. The van der Waals surface area contributed by atoms with Crippen LogP contribution in [-0.4, -0.2) is 29.1 Å². The molecule has 0 spiro atoms. The summed E-state index contributed by atoms with van der Waals surface area (Å²) in [4.78, 5) is 33.0. The van der Waals surface area contributed by atoms with E-state index in [0.717, 1.165) is 37.4 Å². The maximum absolute atomic E-state index is 13.7. The fraction of sp³-hybridized carbons (Fsp3) is 0.0667. The van der Waals surface area contributed by atoms with Crippen molar-refractivity contribution in [2.75, 3.05) is 7.11 Å². The molecule has 1 N–H and O–H groups in total. The quantitative estimate of drug-likeness (QED) is 0.527. The lowest BCUT2D eigenvalue weighted by atomic mass is 9.97. The second kappa shape index (κ2) is 6.22. The largest absolute Gasteiger partial charge is 0.478 e. The molecule has 2 aromatic carbocycles. The van der Waals surface area contributed by atoms with Crippen LogP contribution in [0.25, 0.3) is 11.1 Å². The SMILES string of the molecule is COC(=O)c1cc(-c2cc([N+](=O)[O-])ccc2C(=O)O)ccc1F. The number of nitrogens with zero attached hydrogens (tertiary/aromatic N) is 1. The molecule has 118 valence electrons. The number of hydrogen-bond acceptors (Lipinski definition) is 5. The number of carbonyl (C=O) groups excluding carboxylic acids is 1. The monoisotopic (exact) mass is 319 g/mol. The van der Waals surface area contributed by atoms with Gasteiger partial charge < -0.3 is 9.84 Å². The summed E-state index contributed by atoms with van der Waals surface area (Å²) in [5.74, 6) is -3.09. The van der Waals surface area contributed by atoms with E-state index in [1.807, 2.05) is 0 Å². The molecule has 0 atom stereocenters. The fourth-order valence-electron chi connectivity index (χ4n) is 2.03. The Hall–Kier alpha value is -3.29. The summed E-state index contributed by atoms with van der Waals surface area (Å²) in [7, 11) is 1.07. The second-order valence-electron chi connectivity index (χ2n) is 4.48. The van der Waals surface area contributed by atoms with Crippen molar-refractivity contribution in [1.29, 1.82) is 0 Å². The van der Waals surface area contributed by atoms with Gasteiger partial charge in [0.05, 0.1) is 23.2 Å². The number of aromatic carboxylic acids is 1. The predicted molar refractivity (Wildman–Crippen MR) is 76.8 cm³/mol. The Morgan fingerprint density at radius 1 is 1.17 bits per heavy atom. The van der Waals surface area contributed by atoms with Gasteiger partial charge in [-0.05, 0) is 23.8 Å². The summed E-state index contributed by atoms with van der Waals surface area (Å²) in [5, 5.41) is 20.1. The van der Waals surface area contributed by atoms with Crippen LogP contribution in [0, 0.1) is 15.9 Å². The Morgan fingerprint density at radius 3 is 2.43 bits per heavy atom. The highest BCUT2D eigenvalue weighted by molar-refractivity contribution is 5.98. The molecule has 0 bridgehead atoms. The highest BCUT2D eigenvalue weighted by Gasteiger charge is 2.19. The molecule has 23 heavy (non-hydrogen) atoms. The number of halogens is 1. The maximum Gasteiger partial charge on any atom is 0.340 e. The van der Waals surface area contributed by atoms with Gasteiger partial charge in [-0.3, -0.25) is 10.1 Å². The summed E-state index contributed by atoms with van der Waals surface area (Å²) in [6.45, 7) is 0. The van der Waals surface area contributed by atoms with Gasteiger partial charge in [-0.25, -0.2) is 14.0 Å². The van der Waals surface area contributed by atoms with E-state index in [0.29, 0.717) is 0 Å². The van der Waals surface area contributed by atoms with Crippen LogP contribution in [0.1, 0.15) is 20.7 Å². The number of rotatable bonds is 4. The van der Waals surface area contributed by atoms with Crippen molar-refractivity contribution >= 4 is 17.6 Å².